The maximum absolute atomic E-state index is 13.3. The van der Waals surface area contributed by atoms with Gasteiger partial charge in [0.05, 0.1) is 51.2 Å². The first-order chi connectivity index (χ1) is 26.0. The van der Waals surface area contributed by atoms with E-state index in [1.807, 2.05) is 0 Å². The van der Waals surface area contributed by atoms with Gasteiger partial charge in [-0.3, -0.25) is 9.59 Å². The Morgan fingerprint density at radius 2 is 0.833 bits per heavy atom. The van der Waals surface area contributed by atoms with Crippen LogP contribution in [0.4, 0.5) is 32.3 Å². The summed E-state index contributed by atoms with van der Waals surface area (Å²) in [5.74, 6) is 1.12. The number of anilines is 4. The number of rotatable bonds is 12. The fraction of sp³-hybridized carbons (Fsp3) is 0.211. The van der Waals surface area contributed by atoms with Gasteiger partial charge in [-0.15, -0.1) is 0 Å². The molecule has 0 atom stereocenters. The SMILES string of the molecule is CNC(=O)c1ccc(NC(=O)NCc2c3cc(OC)c(OC)cc3c(CNC(=O)Nc3ccc(C(=O)NC)cc3N)c3cc(OC)c(OC)cc23)c(N)c1. The average Bonchev–Trinajstić information content (AvgIpc) is 3.18. The summed E-state index contributed by atoms with van der Waals surface area (Å²) < 4.78 is 22.7. The fourth-order valence-corrected chi connectivity index (χ4v) is 6.02. The van der Waals surface area contributed by atoms with Crippen LogP contribution in [0.3, 0.4) is 0 Å². The van der Waals surface area contributed by atoms with Crippen molar-refractivity contribution >= 4 is 68.2 Å². The number of ether oxygens (including phenoxy) is 4. The van der Waals surface area contributed by atoms with Crippen LogP contribution >= 0.6 is 0 Å². The normalized spacial score (nSPS) is 10.6. The molecule has 0 aliphatic rings. The van der Waals surface area contributed by atoms with E-state index in [0.29, 0.717) is 78.2 Å². The molecule has 6 amide bonds. The number of nitrogens with one attached hydrogen (secondary N) is 6. The lowest BCUT2D eigenvalue weighted by Crippen LogP contribution is -2.29. The number of hydrogen-bond donors (Lipinski definition) is 8. The maximum atomic E-state index is 13.3. The van der Waals surface area contributed by atoms with Gasteiger partial charge in [0.1, 0.15) is 0 Å². The topological polar surface area (TPSA) is 229 Å². The first-order valence-electron chi connectivity index (χ1n) is 16.5. The van der Waals surface area contributed by atoms with Crippen molar-refractivity contribution < 1.29 is 38.1 Å². The maximum Gasteiger partial charge on any atom is 0.319 e. The molecule has 0 aliphatic heterocycles. The third-order valence-corrected chi connectivity index (χ3v) is 8.78. The number of amides is 6. The second-order valence-electron chi connectivity index (χ2n) is 11.8. The summed E-state index contributed by atoms with van der Waals surface area (Å²) in [5, 5.41) is 19.1. The zero-order chi connectivity index (χ0) is 39.1. The number of methoxy groups -OCH3 is 4. The molecule has 0 aliphatic carbocycles. The van der Waals surface area contributed by atoms with Gasteiger partial charge in [0.2, 0.25) is 0 Å². The largest absolute Gasteiger partial charge is 0.493 e. The third kappa shape index (κ3) is 7.86. The van der Waals surface area contributed by atoms with Gasteiger partial charge in [-0.2, -0.15) is 0 Å². The van der Waals surface area contributed by atoms with E-state index in [2.05, 4.69) is 31.9 Å². The molecule has 0 saturated heterocycles. The van der Waals surface area contributed by atoms with Crippen LogP contribution in [0.25, 0.3) is 21.5 Å². The van der Waals surface area contributed by atoms with Crippen molar-refractivity contribution in [1.29, 1.82) is 0 Å². The minimum absolute atomic E-state index is 0.0273. The van der Waals surface area contributed by atoms with Crippen LogP contribution in [-0.4, -0.2) is 66.4 Å². The van der Waals surface area contributed by atoms with Gasteiger partial charge in [0.25, 0.3) is 11.8 Å². The molecule has 5 aromatic carbocycles. The van der Waals surface area contributed by atoms with Crippen molar-refractivity contribution in [2.24, 2.45) is 0 Å². The van der Waals surface area contributed by atoms with E-state index < -0.39 is 12.1 Å². The number of nitrogen functional groups attached to an aromatic ring is 2. The second kappa shape index (κ2) is 16.5. The number of hydrogen-bond acceptors (Lipinski definition) is 10. The number of nitrogens with two attached hydrogens (primary N) is 2. The number of carbonyl (C=O) groups excluding carboxylic acids is 4. The van der Waals surface area contributed by atoms with Crippen LogP contribution in [0, 0.1) is 0 Å². The number of urea groups is 2. The monoisotopic (exact) mass is 738 g/mol. The lowest BCUT2D eigenvalue weighted by atomic mass is 9.90. The van der Waals surface area contributed by atoms with E-state index in [9.17, 15) is 19.2 Å². The molecule has 54 heavy (non-hydrogen) atoms. The Morgan fingerprint density at radius 3 is 1.09 bits per heavy atom. The second-order valence-corrected chi connectivity index (χ2v) is 11.8. The van der Waals surface area contributed by atoms with Crippen molar-refractivity contribution in [2.45, 2.75) is 13.1 Å². The highest BCUT2D eigenvalue weighted by Crippen LogP contribution is 2.43. The van der Waals surface area contributed by atoms with Gasteiger partial charge in [0.15, 0.2) is 23.0 Å². The van der Waals surface area contributed by atoms with Crippen molar-refractivity contribution in [1.82, 2.24) is 21.3 Å². The third-order valence-electron chi connectivity index (χ3n) is 8.78. The molecule has 0 aromatic heterocycles. The molecular formula is C38H42N8O8. The summed E-state index contributed by atoms with van der Waals surface area (Å²) in [6.07, 6.45) is 0. The highest BCUT2D eigenvalue weighted by atomic mass is 16.5. The number of fused-ring (bicyclic) bond motifs is 2. The molecule has 0 saturated carbocycles. The predicted octanol–water partition coefficient (Wildman–Crippen LogP) is 4.55. The molecule has 10 N–H and O–H groups in total. The summed E-state index contributed by atoms with van der Waals surface area (Å²) in [6, 6.07) is 15.2. The standard InChI is InChI=1S/C38H42N8O8/c1-41-35(47)19-7-9-29(27(39)11-19)45-37(49)43-17-25-21-13-31(51-3)33(53-5)15-23(21)26(24-16-34(54-6)32(52-4)14-22(24)25)18-44-38(50)46-30-10-8-20(12-28(30)40)36(48)42-2/h7-16H,17-18,39-40H2,1-6H3,(H,41,47)(H,42,48)(H2,43,45,49)(H2,44,46,50). The predicted molar refractivity (Wildman–Crippen MR) is 208 cm³/mol. The highest BCUT2D eigenvalue weighted by molar-refractivity contribution is 6.09. The van der Waals surface area contributed by atoms with E-state index in [-0.39, 0.29) is 36.3 Å². The first kappa shape index (κ1) is 38.1. The highest BCUT2D eigenvalue weighted by Gasteiger charge is 2.22. The minimum atomic E-state index is -0.554. The summed E-state index contributed by atoms with van der Waals surface area (Å²) in [6.45, 7) is 0.0547. The zero-order valence-electron chi connectivity index (χ0n) is 30.6. The van der Waals surface area contributed by atoms with Crippen molar-refractivity contribution in [3.05, 3.63) is 82.9 Å². The van der Waals surface area contributed by atoms with Crippen LogP contribution in [0.5, 0.6) is 23.0 Å². The molecule has 0 bridgehead atoms. The first-order valence-corrected chi connectivity index (χ1v) is 16.5. The Bertz CT molecular complexity index is 2050. The van der Waals surface area contributed by atoms with Crippen LogP contribution in [-0.2, 0) is 13.1 Å². The molecule has 0 spiro atoms. The van der Waals surface area contributed by atoms with E-state index in [4.69, 9.17) is 30.4 Å². The van der Waals surface area contributed by atoms with Gasteiger partial charge in [-0.1, -0.05) is 0 Å². The van der Waals surface area contributed by atoms with E-state index in [0.717, 1.165) is 0 Å². The molecule has 5 rings (SSSR count). The summed E-state index contributed by atoms with van der Waals surface area (Å²) in [5.41, 5.74) is 15.4. The molecule has 16 heteroatoms. The number of carbonyl (C=O) groups is 4. The lowest BCUT2D eigenvalue weighted by Gasteiger charge is -2.21. The molecule has 16 nitrogen and oxygen atoms in total. The van der Waals surface area contributed by atoms with Crippen molar-refractivity contribution in [3.8, 4) is 23.0 Å². The molecule has 0 heterocycles. The molecule has 0 radical (unpaired) electrons. The molecular weight excluding hydrogens is 696 g/mol. The summed E-state index contributed by atoms with van der Waals surface area (Å²) >= 11 is 0. The van der Waals surface area contributed by atoms with E-state index >= 15 is 0 Å². The molecule has 0 unspecified atom stereocenters. The fourth-order valence-electron chi connectivity index (χ4n) is 6.02. The van der Waals surface area contributed by atoms with E-state index in [1.165, 1.54) is 54.7 Å². The Morgan fingerprint density at radius 1 is 0.519 bits per heavy atom. The smallest absolute Gasteiger partial charge is 0.319 e. The summed E-state index contributed by atoms with van der Waals surface area (Å²) in [7, 11) is 9.09. The van der Waals surface area contributed by atoms with Crippen LogP contribution in [0.2, 0.25) is 0 Å². The van der Waals surface area contributed by atoms with Crippen molar-refractivity contribution in [2.75, 3.05) is 64.6 Å². The molecule has 282 valence electrons. The quantitative estimate of drug-likeness (QED) is 0.0657. The van der Waals surface area contributed by atoms with Crippen LogP contribution < -0.4 is 62.3 Å². The Balaban J connectivity index is 1.55. The lowest BCUT2D eigenvalue weighted by molar-refractivity contribution is 0.0955. The minimum Gasteiger partial charge on any atom is -0.493 e. The van der Waals surface area contributed by atoms with Gasteiger partial charge in [0, 0.05) is 38.3 Å². The molecule has 5 aromatic rings. The average molecular weight is 739 g/mol. The van der Waals surface area contributed by atoms with Gasteiger partial charge < -0.3 is 62.3 Å². The van der Waals surface area contributed by atoms with Gasteiger partial charge >= 0.3 is 12.1 Å². The molecule has 0 fully saturated rings. The van der Waals surface area contributed by atoms with Gasteiger partial charge in [-0.05, 0) is 93.3 Å². The Kier molecular flexibility index (Phi) is 11.6. The van der Waals surface area contributed by atoms with E-state index in [1.54, 1.807) is 48.5 Å². The summed E-state index contributed by atoms with van der Waals surface area (Å²) in [4.78, 5) is 50.6. The Hall–Kier alpha value is -7.10. The Labute approximate surface area is 310 Å². The van der Waals surface area contributed by atoms with Crippen LogP contribution in [0.15, 0.2) is 60.7 Å². The van der Waals surface area contributed by atoms with Crippen LogP contribution in [0.1, 0.15) is 31.8 Å². The zero-order valence-corrected chi connectivity index (χ0v) is 30.6. The number of benzene rings is 5. The van der Waals surface area contributed by atoms with Gasteiger partial charge in [-0.25, -0.2) is 9.59 Å². The van der Waals surface area contributed by atoms with Crippen molar-refractivity contribution in [3.63, 3.8) is 0 Å².